The van der Waals surface area contributed by atoms with E-state index in [1.54, 1.807) is 4.57 Å². The summed E-state index contributed by atoms with van der Waals surface area (Å²) >= 11 is 0. The SMILES string of the molecule is [2H]c1c([2H])c([2H])c2c(c1[2H])c1c([2H])c([2H])c([2H])c([2H])c1n2-c1ccc2c(c1)c1ccccc1n2-c1cccc(C(c2ccccc2)(c2ccccc2)c2ccccc2)c1.[2H]c1c([2H])c([2H])c2c(c1[2H])c1ccccc1n2-c1ccc2c(c1)c1ccccc1n2-c1cccc(C(c2ccccc2)(c2ccccc2)c2ccccc2)c1. The van der Waals surface area contributed by atoms with Gasteiger partial charge >= 0.3 is 0 Å². The Morgan fingerprint density at radius 3 is 0.735 bits per heavy atom. The number of hydrogen-bond acceptors (Lipinski definition) is 0. The minimum absolute atomic E-state index is 0.0268. The lowest BCUT2D eigenvalue weighted by atomic mass is 9.65. The largest absolute Gasteiger partial charge is 0.309 e. The second-order valence-electron chi connectivity index (χ2n) is 25.8. The second kappa shape index (κ2) is 24.9. The molecule has 0 saturated carbocycles. The molecule has 0 spiro atoms. The van der Waals surface area contributed by atoms with Gasteiger partial charge in [0.1, 0.15) is 0 Å². The van der Waals surface area contributed by atoms with Gasteiger partial charge in [0, 0.05) is 65.8 Å². The molecular formula is C98H68N4. The maximum atomic E-state index is 9.03. The van der Waals surface area contributed by atoms with Crippen LogP contribution in [0, 0.1) is 0 Å². The number of hydrogen-bond donors (Lipinski definition) is 0. The lowest BCUT2D eigenvalue weighted by Gasteiger charge is -2.37. The molecule has 4 heteroatoms. The first-order valence-corrected chi connectivity index (χ1v) is 34.2. The first-order chi connectivity index (χ1) is 55.6. The Bertz CT molecular complexity index is 6980. The monoisotopic (exact) mass is 1310 g/mol. The quantitative estimate of drug-likeness (QED) is 0.109. The fourth-order valence-corrected chi connectivity index (χ4v) is 16.3. The van der Waals surface area contributed by atoms with Crippen LogP contribution in [0.2, 0.25) is 0 Å². The summed E-state index contributed by atoms with van der Waals surface area (Å²) in [5.74, 6) is 0. The van der Waals surface area contributed by atoms with E-state index in [1.807, 2.05) is 83.4 Å². The second-order valence-corrected chi connectivity index (χ2v) is 25.8. The van der Waals surface area contributed by atoms with Gasteiger partial charge in [0.15, 0.2) is 0 Å². The van der Waals surface area contributed by atoms with E-state index in [1.165, 1.54) is 16.7 Å². The smallest absolute Gasteiger partial charge is 0.0702 e. The van der Waals surface area contributed by atoms with Crippen molar-refractivity contribution in [3.05, 3.63) is 457 Å². The molecule has 0 aliphatic rings. The van der Waals surface area contributed by atoms with E-state index >= 15 is 0 Å². The van der Waals surface area contributed by atoms with Gasteiger partial charge in [-0.15, -0.1) is 0 Å². The van der Waals surface area contributed by atoms with Crippen molar-refractivity contribution in [2.24, 2.45) is 0 Å². The average molecular weight is 1310 g/mol. The van der Waals surface area contributed by atoms with Crippen LogP contribution in [0.4, 0.5) is 0 Å². The number of fused-ring (bicyclic) bond motifs is 12. The van der Waals surface area contributed by atoms with Crippen molar-refractivity contribution in [1.29, 1.82) is 0 Å². The Morgan fingerprint density at radius 2 is 0.402 bits per heavy atom. The van der Waals surface area contributed by atoms with Gasteiger partial charge in [-0.2, -0.15) is 0 Å². The highest BCUT2D eigenvalue weighted by Gasteiger charge is 2.40. The predicted molar refractivity (Wildman–Crippen MR) is 427 cm³/mol. The van der Waals surface area contributed by atoms with Crippen molar-refractivity contribution < 1.29 is 16.4 Å². The van der Waals surface area contributed by atoms with Gasteiger partial charge in [0.05, 0.1) is 71.4 Å². The van der Waals surface area contributed by atoms with Crippen LogP contribution in [0.25, 0.3) is 110 Å². The number of aromatic nitrogens is 4. The molecule has 0 aliphatic heterocycles. The van der Waals surface area contributed by atoms with Gasteiger partial charge in [-0.25, -0.2) is 0 Å². The zero-order valence-corrected chi connectivity index (χ0v) is 55.1. The first kappa shape index (κ1) is 48.4. The third kappa shape index (κ3) is 9.52. The molecule has 0 unspecified atom stereocenters. The number of nitrogens with zero attached hydrogens (tertiary/aromatic N) is 4. The number of para-hydroxylation sites is 6. The number of benzene rings is 16. The molecule has 4 heterocycles. The van der Waals surface area contributed by atoms with Crippen molar-refractivity contribution in [1.82, 2.24) is 18.3 Å². The molecule has 0 amide bonds. The van der Waals surface area contributed by atoms with Crippen molar-refractivity contribution in [2.45, 2.75) is 10.8 Å². The Labute approximate surface area is 609 Å². The third-order valence-corrected chi connectivity index (χ3v) is 20.5. The van der Waals surface area contributed by atoms with Crippen LogP contribution in [-0.4, -0.2) is 18.3 Å². The van der Waals surface area contributed by atoms with E-state index < -0.39 is 35.0 Å². The average Bonchev–Trinajstić information content (AvgIpc) is 1.46. The van der Waals surface area contributed by atoms with E-state index in [2.05, 4.69) is 270 Å². The van der Waals surface area contributed by atoms with E-state index in [0.29, 0.717) is 16.6 Å². The van der Waals surface area contributed by atoms with E-state index in [4.69, 9.17) is 16.4 Å². The molecule has 20 rings (SSSR count). The van der Waals surface area contributed by atoms with E-state index in [-0.39, 0.29) is 70.1 Å². The summed E-state index contributed by atoms with van der Waals surface area (Å²) in [6.07, 6.45) is 0. The van der Waals surface area contributed by atoms with Crippen LogP contribution in [0.3, 0.4) is 0 Å². The highest BCUT2D eigenvalue weighted by atomic mass is 15.0. The fourth-order valence-electron chi connectivity index (χ4n) is 16.3. The zero-order chi connectivity index (χ0) is 78.0. The molecule has 4 nitrogen and oxygen atoms in total. The summed E-state index contributed by atoms with van der Waals surface area (Å²) in [6, 6.07) is 114. The lowest BCUT2D eigenvalue weighted by Crippen LogP contribution is -2.31. The molecule has 16 aromatic carbocycles. The van der Waals surface area contributed by atoms with Crippen LogP contribution >= 0.6 is 0 Å². The third-order valence-electron chi connectivity index (χ3n) is 20.5. The molecule has 20 aromatic rings. The Balaban J connectivity index is 0.000000153. The van der Waals surface area contributed by atoms with Crippen LogP contribution < -0.4 is 0 Å². The Kier molecular flexibility index (Phi) is 11.8. The Morgan fingerprint density at radius 1 is 0.167 bits per heavy atom. The Hall–Kier alpha value is -13.3. The minimum Gasteiger partial charge on any atom is -0.309 e. The summed E-state index contributed by atoms with van der Waals surface area (Å²) in [6.45, 7) is 0. The molecule has 4 aromatic heterocycles. The van der Waals surface area contributed by atoms with Crippen LogP contribution in [0.1, 0.15) is 61.0 Å². The van der Waals surface area contributed by atoms with Gasteiger partial charge in [0.25, 0.3) is 0 Å². The molecule has 0 saturated heterocycles. The van der Waals surface area contributed by atoms with Crippen molar-refractivity contribution in [3.8, 4) is 22.7 Å². The summed E-state index contributed by atoms with van der Waals surface area (Å²) in [5.41, 5.74) is 16.6. The van der Waals surface area contributed by atoms with Gasteiger partial charge < -0.3 is 18.3 Å². The summed E-state index contributed by atoms with van der Waals surface area (Å²) in [5, 5.41) is 5.37. The van der Waals surface area contributed by atoms with Crippen molar-refractivity contribution in [2.75, 3.05) is 0 Å². The normalized spacial score (nSPS) is 13.6. The van der Waals surface area contributed by atoms with Gasteiger partial charge in [-0.1, -0.05) is 315 Å². The highest BCUT2D eigenvalue weighted by Crippen LogP contribution is 2.49. The molecule has 0 radical (unpaired) electrons. The maximum Gasteiger partial charge on any atom is 0.0702 e. The molecule has 0 bridgehead atoms. The van der Waals surface area contributed by atoms with E-state index in [0.717, 1.165) is 99.4 Å². The minimum atomic E-state index is -0.664. The molecule has 0 atom stereocenters. The summed E-state index contributed by atoms with van der Waals surface area (Å²) < 4.78 is 113. The lowest BCUT2D eigenvalue weighted by molar-refractivity contribution is 0.744. The first-order valence-electron chi connectivity index (χ1n) is 40.2. The van der Waals surface area contributed by atoms with Gasteiger partial charge in [-0.05, 0) is 141 Å². The molecular weight excluding hydrogens is 1230 g/mol. The molecule has 480 valence electrons. The van der Waals surface area contributed by atoms with E-state index in [9.17, 15) is 0 Å². The summed E-state index contributed by atoms with van der Waals surface area (Å²) in [4.78, 5) is 0. The fraction of sp³-hybridized carbons (Fsp3) is 0.0204. The van der Waals surface area contributed by atoms with Crippen molar-refractivity contribution in [3.63, 3.8) is 0 Å². The summed E-state index contributed by atoms with van der Waals surface area (Å²) in [7, 11) is 0. The molecule has 0 fully saturated rings. The zero-order valence-electron chi connectivity index (χ0n) is 67.1. The molecule has 0 N–H and O–H groups in total. The van der Waals surface area contributed by atoms with Crippen molar-refractivity contribution >= 4 is 87.2 Å². The predicted octanol–water partition coefficient (Wildman–Crippen LogP) is 24.5. The van der Waals surface area contributed by atoms with Crippen LogP contribution in [0.5, 0.6) is 0 Å². The van der Waals surface area contributed by atoms with Gasteiger partial charge in [-0.3, -0.25) is 0 Å². The molecule has 0 aliphatic carbocycles. The molecule has 102 heavy (non-hydrogen) atoms. The number of rotatable bonds is 12. The van der Waals surface area contributed by atoms with Crippen LogP contribution in [0.15, 0.2) is 412 Å². The van der Waals surface area contributed by atoms with Gasteiger partial charge in [0.2, 0.25) is 0 Å². The highest BCUT2D eigenvalue weighted by molar-refractivity contribution is 6.14. The maximum absolute atomic E-state index is 9.03. The topological polar surface area (TPSA) is 19.7 Å². The standard InChI is InChI=1S/2C49H34N2/c2*1-4-17-35(18-5-1)49(36-19-6-2-7-20-36,37-21-8-3-9-22-37)38-23-16-24-39(33-38)50-47-30-15-12-27-43(47)44-34-40(31-32-48(44)50)51-45-28-13-10-25-41(45)42-26-11-14-29-46(42)51/h2*1-34H/i10D,11D,13D,14D,25D,26D,28D,29D;10D,13D,25D,28D. The van der Waals surface area contributed by atoms with Crippen LogP contribution in [-0.2, 0) is 10.8 Å².